The molecule has 0 aromatic rings. The molecule has 0 saturated carbocycles. The summed E-state index contributed by atoms with van der Waals surface area (Å²) in [6, 6.07) is -0.0329. The highest BCUT2D eigenvalue weighted by Crippen LogP contribution is 2.17. The Kier molecular flexibility index (Phi) is 5.77. The first-order valence-corrected chi connectivity index (χ1v) is 6.26. The zero-order chi connectivity index (χ0) is 12.0. The minimum atomic E-state index is -0.0329. The second-order valence-corrected chi connectivity index (χ2v) is 4.67. The van der Waals surface area contributed by atoms with Crippen LogP contribution in [0.1, 0.15) is 33.6 Å². The van der Waals surface area contributed by atoms with Gasteiger partial charge in [0.15, 0.2) is 0 Å². The van der Waals surface area contributed by atoms with Crippen molar-refractivity contribution in [2.24, 2.45) is 5.92 Å². The van der Waals surface area contributed by atoms with Crippen LogP contribution < -0.4 is 10.6 Å². The molecule has 2 unspecified atom stereocenters. The maximum atomic E-state index is 11.7. The largest absolute Gasteiger partial charge is 0.379 e. The molecule has 0 radical (unpaired) electrons. The molecule has 1 aliphatic rings. The Bertz CT molecular complexity index is 219. The monoisotopic (exact) mass is 228 g/mol. The minimum Gasteiger partial charge on any atom is -0.379 e. The van der Waals surface area contributed by atoms with Gasteiger partial charge in [0.1, 0.15) is 0 Å². The third-order valence-electron chi connectivity index (χ3n) is 2.85. The number of ether oxygens (including phenoxy) is 1. The first-order chi connectivity index (χ1) is 7.63. The topological polar surface area (TPSA) is 50.4 Å². The highest BCUT2D eigenvalue weighted by Gasteiger charge is 2.26. The van der Waals surface area contributed by atoms with Crippen molar-refractivity contribution in [1.29, 1.82) is 0 Å². The predicted octanol–water partition coefficient (Wildman–Crippen LogP) is 0.916. The highest BCUT2D eigenvalue weighted by molar-refractivity contribution is 5.81. The summed E-state index contributed by atoms with van der Waals surface area (Å²) in [7, 11) is 0. The number of hydrogen-bond donors (Lipinski definition) is 2. The molecule has 16 heavy (non-hydrogen) atoms. The second-order valence-electron chi connectivity index (χ2n) is 4.67. The third-order valence-corrected chi connectivity index (χ3v) is 2.85. The lowest BCUT2D eigenvalue weighted by Gasteiger charge is -2.29. The molecule has 1 rings (SSSR count). The zero-order valence-corrected chi connectivity index (χ0v) is 10.6. The molecule has 0 bridgehead atoms. The Hall–Kier alpha value is -0.610. The van der Waals surface area contributed by atoms with Gasteiger partial charge in [-0.25, -0.2) is 0 Å². The minimum absolute atomic E-state index is 0.0329. The lowest BCUT2D eigenvalue weighted by atomic mass is 9.92. The lowest BCUT2D eigenvalue weighted by molar-refractivity contribution is -0.124. The summed E-state index contributed by atoms with van der Waals surface area (Å²) >= 11 is 0. The maximum absolute atomic E-state index is 11.7. The van der Waals surface area contributed by atoms with Crippen LogP contribution in [0.15, 0.2) is 0 Å². The average Bonchev–Trinajstić information content (AvgIpc) is 2.27. The van der Waals surface area contributed by atoms with Crippen molar-refractivity contribution in [1.82, 2.24) is 10.6 Å². The van der Waals surface area contributed by atoms with Gasteiger partial charge in [0.25, 0.3) is 0 Å². The fourth-order valence-electron chi connectivity index (χ4n) is 1.97. The Morgan fingerprint density at radius 3 is 2.94 bits per heavy atom. The van der Waals surface area contributed by atoms with E-state index in [-0.39, 0.29) is 18.1 Å². The molecule has 0 spiro atoms. The Morgan fingerprint density at radius 2 is 2.31 bits per heavy atom. The van der Waals surface area contributed by atoms with E-state index in [1.54, 1.807) is 0 Å². The number of hydrogen-bond acceptors (Lipinski definition) is 3. The van der Waals surface area contributed by atoms with Crippen LogP contribution in [-0.2, 0) is 9.53 Å². The van der Waals surface area contributed by atoms with Gasteiger partial charge in [-0.3, -0.25) is 4.79 Å². The summed E-state index contributed by atoms with van der Waals surface area (Å²) < 4.78 is 5.61. The van der Waals surface area contributed by atoms with Crippen LogP contribution in [-0.4, -0.2) is 37.7 Å². The van der Waals surface area contributed by atoms with E-state index in [0.29, 0.717) is 12.5 Å². The lowest BCUT2D eigenvalue weighted by Crippen LogP contribution is -2.49. The molecule has 2 atom stereocenters. The molecule has 1 fully saturated rings. The smallest absolute Gasteiger partial charge is 0.237 e. The van der Waals surface area contributed by atoms with E-state index in [2.05, 4.69) is 10.6 Å². The molecule has 4 heteroatoms. The van der Waals surface area contributed by atoms with Crippen molar-refractivity contribution in [3.63, 3.8) is 0 Å². The summed E-state index contributed by atoms with van der Waals surface area (Å²) in [5.74, 6) is 0.632. The molecule has 94 valence electrons. The molecule has 1 aliphatic heterocycles. The Morgan fingerprint density at radius 1 is 1.56 bits per heavy atom. The van der Waals surface area contributed by atoms with Crippen LogP contribution in [0.5, 0.6) is 0 Å². The van der Waals surface area contributed by atoms with Gasteiger partial charge >= 0.3 is 0 Å². The fourth-order valence-corrected chi connectivity index (χ4v) is 1.97. The van der Waals surface area contributed by atoms with Crippen molar-refractivity contribution in [3.05, 3.63) is 0 Å². The highest BCUT2D eigenvalue weighted by atomic mass is 16.5. The Labute approximate surface area is 98.1 Å². The van der Waals surface area contributed by atoms with Crippen LogP contribution in [0.4, 0.5) is 0 Å². The van der Waals surface area contributed by atoms with E-state index in [0.717, 1.165) is 26.0 Å². The van der Waals surface area contributed by atoms with Gasteiger partial charge < -0.3 is 15.4 Å². The molecule has 0 aliphatic carbocycles. The van der Waals surface area contributed by atoms with Gasteiger partial charge in [0.2, 0.25) is 5.91 Å². The summed E-state index contributed by atoms with van der Waals surface area (Å²) in [4.78, 5) is 11.7. The third kappa shape index (κ3) is 4.49. The standard InChI is InChI=1S/C12H24N2O2/c1-4-13-12(15)11-7-10(5-6-14-11)8-16-9(2)3/h9-11,14H,4-8H2,1-3H3,(H,13,15). The van der Waals surface area contributed by atoms with Gasteiger partial charge in [0.05, 0.1) is 12.1 Å². The van der Waals surface area contributed by atoms with E-state index in [1.165, 1.54) is 0 Å². The fraction of sp³-hybridized carbons (Fsp3) is 0.917. The normalized spacial score (nSPS) is 25.8. The van der Waals surface area contributed by atoms with Gasteiger partial charge in [-0.2, -0.15) is 0 Å². The van der Waals surface area contributed by atoms with Crippen LogP contribution in [0.25, 0.3) is 0 Å². The van der Waals surface area contributed by atoms with Gasteiger partial charge in [-0.1, -0.05) is 0 Å². The van der Waals surface area contributed by atoms with Crippen molar-refractivity contribution < 1.29 is 9.53 Å². The van der Waals surface area contributed by atoms with E-state index in [9.17, 15) is 4.79 Å². The van der Waals surface area contributed by atoms with Gasteiger partial charge in [-0.05, 0) is 46.1 Å². The number of carbonyl (C=O) groups is 1. The summed E-state index contributed by atoms with van der Waals surface area (Å²) in [6.07, 6.45) is 2.26. The molecule has 1 saturated heterocycles. The molecule has 0 aromatic carbocycles. The maximum Gasteiger partial charge on any atom is 0.237 e. The van der Waals surface area contributed by atoms with Gasteiger partial charge in [-0.15, -0.1) is 0 Å². The SMILES string of the molecule is CCNC(=O)C1CC(COC(C)C)CCN1. The second kappa shape index (κ2) is 6.86. The average molecular weight is 228 g/mol. The van der Waals surface area contributed by atoms with E-state index < -0.39 is 0 Å². The van der Waals surface area contributed by atoms with Gasteiger partial charge in [0, 0.05) is 13.2 Å². The van der Waals surface area contributed by atoms with Crippen LogP contribution in [0.2, 0.25) is 0 Å². The van der Waals surface area contributed by atoms with Crippen molar-refractivity contribution in [2.45, 2.75) is 45.8 Å². The van der Waals surface area contributed by atoms with Crippen LogP contribution in [0, 0.1) is 5.92 Å². The summed E-state index contributed by atoms with van der Waals surface area (Å²) in [6.45, 7) is 8.41. The first kappa shape index (κ1) is 13.5. The quantitative estimate of drug-likeness (QED) is 0.735. The number of piperidine rings is 1. The number of carbonyl (C=O) groups excluding carboxylic acids is 1. The summed E-state index contributed by atoms with van der Waals surface area (Å²) in [5, 5.41) is 6.11. The van der Waals surface area contributed by atoms with Crippen molar-refractivity contribution in [2.75, 3.05) is 19.7 Å². The van der Waals surface area contributed by atoms with E-state index >= 15 is 0 Å². The van der Waals surface area contributed by atoms with E-state index in [4.69, 9.17) is 4.74 Å². The molecule has 1 amide bonds. The van der Waals surface area contributed by atoms with Crippen molar-refractivity contribution in [3.8, 4) is 0 Å². The zero-order valence-electron chi connectivity index (χ0n) is 10.6. The summed E-state index contributed by atoms with van der Waals surface area (Å²) in [5.41, 5.74) is 0. The molecular weight excluding hydrogens is 204 g/mol. The Balaban J connectivity index is 2.32. The molecule has 4 nitrogen and oxygen atoms in total. The number of nitrogens with one attached hydrogen (secondary N) is 2. The first-order valence-electron chi connectivity index (χ1n) is 6.26. The number of rotatable bonds is 5. The van der Waals surface area contributed by atoms with Crippen LogP contribution >= 0.6 is 0 Å². The molecule has 1 heterocycles. The molecule has 2 N–H and O–H groups in total. The van der Waals surface area contributed by atoms with E-state index in [1.807, 2.05) is 20.8 Å². The molecule has 0 aromatic heterocycles. The number of likely N-dealkylation sites (N-methyl/N-ethyl adjacent to an activating group) is 1. The predicted molar refractivity (Wildman–Crippen MR) is 64.3 cm³/mol. The van der Waals surface area contributed by atoms with Crippen LogP contribution in [0.3, 0.4) is 0 Å². The molecular formula is C12H24N2O2. The number of amides is 1. The van der Waals surface area contributed by atoms with Crippen molar-refractivity contribution >= 4 is 5.91 Å².